The molecule has 1 aliphatic heterocycles. The van der Waals surface area contributed by atoms with Crippen molar-refractivity contribution in [1.29, 1.82) is 0 Å². The highest BCUT2D eigenvalue weighted by molar-refractivity contribution is 5.96. The van der Waals surface area contributed by atoms with Gasteiger partial charge in [-0.3, -0.25) is 4.79 Å². The summed E-state index contributed by atoms with van der Waals surface area (Å²) in [4.78, 5) is 12.5. The fraction of sp³-hybridized carbons (Fsp3) is 0.300. The van der Waals surface area contributed by atoms with E-state index in [-0.39, 0.29) is 24.6 Å². The average Bonchev–Trinajstić information content (AvgIpc) is 2.43. The molecule has 1 saturated heterocycles. The molecule has 1 aromatic carbocycles. The van der Waals surface area contributed by atoms with Crippen molar-refractivity contribution in [3.05, 3.63) is 29.8 Å². The second-order valence-electron chi connectivity index (χ2n) is 3.49. The minimum absolute atomic E-state index is 0.00185. The zero-order valence-electron chi connectivity index (χ0n) is 7.78. The zero-order valence-corrected chi connectivity index (χ0v) is 7.78. The molecule has 5 heteroatoms. The molecule has 0 spiro atoms. The first kappa shape index (κ1) is 10.0. The molecule has 3 nitrogen and oxygen atoms in total. The maximum Gasteiger partial charge on any atom is 0.229 e. The van der Waals surface area contributed by atoms with Crippen LogP contribution in [0.2, 0.25) is 0 Å². The summed E-state index contributed by atoms with van der Waals surface area (Å²) in [5, 5.41) is 9.22. The SMILES string of the molecule is O=C1CC(O)CN1c1cc(F)cc(F)c1. The number of hydrogen-bond donors (Lipinski definition) is 1. The quantitative estimate of drug-likeness (QED) is 0.757. The van der Waals surface area contributed by atoms with Gasteiger partial charge in [0, 0.05) is 11.8 Å². The van der Waals surface area contributed by atoms with Gasteiger partial charge in [0.1, 0.15) is 11.6 Å². The van der Waals surface area contributed by atoms with Crippen molar-refractivity contribution in [1.82, 2.24) is 0 Å². The van der Waals surface area contributed by atoms with E-state index in [1.807, 2.05) is 0 Å². The molecule has 0 saturated carbocycles. The summed E-state index contributed by atoms with van der Waals surface area (Å²) in [6.07, 6.45) is -0.762. The van der Waals surface area contributed by atoms with E-state index in [9.17, 15) is 18.7 Å². The summed E-state index contributed by atoms with van der Waals surface area (Å²) in [6.45, 7) is 0.0850. The summed E-state index contributed by atoms with van der Waals surface area (Å²) in [7, 11) is 0. The first-order chi connectivity index (χ1) is 7.06. The van der Waals surface area contributed by atoms with E-state index in [0.717, 1.165) is 18.2 Å². The van der Waals surface area contributed by atoms with Crippen LogP contribution in [0.1, 0.15) is 6.42 Å². The van der Waals surface area contributed by atoms with Crippen molar-refractivity contribution < 1.29 is 18.7 Å². The van der Waals surface area contributed by atoms with E-state index >= 15 is 0 Å². The van der Waals surface area contributed by atoms with Crippen molar-refractivity contribution in [2.45, 2.75) is 12.5 Å². The molecular formula is C10H9F2NO2. The lowest BCUT2D eigenvalue weighted by atomic mass is 10.3. The number of aliphatic hydroxyl groups excluding tert-OH is 1. The summed E-state index contributed by atoms with van der Waals surface area (Å²) in [5.41, 5.74) is 0.147. The number of amides is 1. The molecule has 15 heavy (non-hydrogen) atoms. The Bertz CT molecular complexity index is 388. The van der Waals surface area contributed by atoms with Gasteiger partial charge < -0.3 is 10.0 Å². The Morgan fingerprint density at radius 2 is 1.87 bits per heavy atom. The van der Waals surface area contributed by atoms with Gasteiger partial charge in [-0.2, -0.15) is 0 Å². The lowest BCUT2D eigenvalue weighted by Crippen LogP contribution is -2.25. The maximum atomic E-state index is 12.9. The van der Waals surface area contributed by atoms with E-state index in [2.05, 4.69) is 0 Å². The lowest BCUT2D eigenvalue weighted by molar-refractivity contribution is -0.117. The molecule has 0 aromatic heterocycles. The number of β-amino-alcohol motifs (C(OH)–C–C–N with tert-alkyl or cyclic N) is 1. The molecule has 1 N–H and O–H groups in total. The van der Waals surface area contributed by atoms with Crippen LogP contribution in [-0.2, 0) is 4.79 Å². The molecule has 1 fully saturated rings. The number of carbonyl (C=O) groups excluding carboxylic acids is 1. The smallest absolute Gasteiger partial charge is 0.229 e. The van der Waals surface area contributed by atoms with Crippen molar-refractivity contribution >= 4 is 11.6 Å². The molecule has 1 atom stereocenters. The van der Waals surface area contributed by atoms with Gasteiger partial charge >= 0.3 is 0 Å². The number of nitrogens with zero attached hydrogens (tertiary/aromatic N) is 1. The van der Waals surface area contributed by atoms with Crippen LogP contribution >= 0.6 is 0 Å². The summed E-state index contributed by atoms with van der Waals surface area (Å²) >= 11 is 0. The van der Waals surface area contributed by atoms with Crippen LogP contribution in [0.5, 0.6) is 0 Å². The summed E-state index contributed by atoms with van der Waals surface area (Å²) in [5.74, 6) is -1.80. The van der Waals surface area contributed by atoms with Crippen LogP contribution in [0.15, 0.2) is 18.2 Å². The van der Waals surface area contributed by atoms with Crippen molar-refractivity contribution in [2.24, 2.45) is 0 Å². The molecule has 1 aromatic rings. The van der Waals surface area contributed by atoms with Crippen molar-refractivity contribution in [3.63, 3.8) is 0 Å². The highest BCUT2D eigenvalue weighted by Crippen LogP contribution is 2.23. The second kappa shape index (κ2) is 3.58. The number of halogens is 2. The molecule has 0 radical (unpaired) electrons. The van der Waals surface area contributed by atoms with Crippen LogP contribution in [0, 0.1) is 11.6 Å². The van der Waals surface area contributed by atoms with Crippen LogP contribution in [0.4, 0.5) is 14.5 Å². The number of rotatable bonds is 1. The van der Waals surface area contributed by atoms with Crippen LogP contribution < -0.4 is 4.90 Å². The van der Waals surface area contributed by atoms with Gasteiger partial charge in [0.05, 0.1) is 19.1 Å². The van der Waals surface area contributed by atoms with Crippen molar-refractivity contribution in [2.75, 3.05) is 11.4 Å². The third-order valence-corrected chi connectivity index (χ3v) is 2.26. The average molecular weight is 213 g/mol. The third kappa shape index (κ3) is 1.97. The highest BCUT2D eigenvalue weighted by atomic mass is 19.1. The summed E-state index contributed by atoms with van der Waals surface area (Å²) < 4.78 is 25.7. The first-order valence-corrected chi connectivity index (χ1v) is 4.51. The van der Waals surface area contributed by atoms with Gasteiger partial charge in [-0.15, -0.1) is 0 Å². The summed E-state index contributed by atoms with van der Waals surface area (Å²) in [6, 6.07) is 2.87. The van der Waals surface area contributed by atoms with E-state index in [1.165, 1.54) is 4.90 Å². The molecule has 1 aliphatic rings. The largest absolute Gasteiger partial charge is 0.391 e. The number of benzene rings is 1. The van der Waals surface area contributed by atoms with E-state index in [1.54, 1.807) is 0 Å². The molecule has 0 aliphatic carbocycles. The van der Waals surface area contributed by atoms with Gasteiger partial charge in [-0.25, -0.2) is 8.78 Å². The van der Waals surface area contributed by atoms with Gasteiger partial charge in [0.15, 0.2) is 0 Å². The Kier molecular flexibility index (Phi) is 2.40. The first-order valence-electron chi connectivity index (χ1n) is 4.51. The fourth-order valence-corrected chi connectivity index (χ4v) is 1.63. The lowest BCUT2D eigenvalue weighted by Gasteiger charge is -2.15. The molecule has 1 heterocycles. The molecular weight excluding hydrogens is 204 g/mol. The van der Waals surface area contributed by atoms with Crippen molar-refractivity contribution in [3.8, 4) is 0 Å². The molecule has 2 rings (SSSR count). The number of hydrogen-bond acceptors (Lipinski definition) is 2. The minimum Gasteiger partial charge on any atom is -0.391 e. The van der Waals surface area contributed by atoms with Crippen LogP contribution in [0.25, 0.3) is 0 Å². The number of carbonyl (C=O) groups is 1. The standard InChI is InChI=1S/C10H9F2NO2/c11-6-1-7(12)3-8(2-6)13-5-9(14)4-10(13)15/h1-3,9,14H,4-5H2. The van der Waals surface area contributed by atoms with E-state index in [4.69, 9.17) is 0 Å². The molecule has 1 amide bonds. The Labute approximate surface area is 84.9 Å². The molecule has 80 valence electrons. The predicted molar refractivity (Wildman–Crippen MR) is 49.3 cm³/mol. The van der Waals surface area contributed by atoms with E-state index < -0.39 is 17.7 Å². The van der Waals surface area contributed by atoms with E-state index in [0.29, 0.717) is 0 Å². The molecule has 1 unspecified atom stereocenters. The fourth-order valence-electron chi connectivity index (χ4n) is 1.63. The Morgan fingerprint density at radius 3 is 2.33 bits per heavy atom. The Morgan fingerprint density at radius 1 is 1.27 bits per heavy atom. The van der Waals surface area contributed by atoms with Crippen LogP contribution in [0.3, 0.4) is 0 Å². The number of aliphatic hydroxyl groups is 1. The number of anilines is 1. The second-order valence-corrected chi connectivity index (χ2v) is 3.49. The Balaban J connectivity index is 2.33. The Hall–Kier alpha value is -1.49. The normalized spacial score (nSPS) is 21.1. The minimum atomic E-state index is -0.760. The van der Waals surface area contributed by atoms with Gasteiger partial charge in [0.2, 0.25) is 5.91 Å². The predicted octanol–water partition coefficient (Wildman–Crippen LogP) is 1.06. The molecule has 0 bridgehead atoms. The maximum absolute atomic E-state index is 12.9. The zero-order chi connectivity index (χ0) is 11.0. The highest BCUT2D eigenvalue weighted by Gasteiger charge is 2.29. The van der Waals surface area contributed by atoms with Gasteiger partial charge in [-0.1, -0.05) is 0 Å². The van der Waals surface area contributed by atoms with Gasteiger partial charge in [-0.05, 0) is 12.1 Å². The third-order valence-electron chi connectivity index (χ3n) is 2.26. The van der Waals surface area contributed by atoms with Crippen LogP contribution in [-0.4, -0.2) is 23.7 Å². The monoisotopic (exact) mass is 213 g/mol. The van der Waals surface area contributed by atoms with Gasteiger partial charge in [0.25, 0.3) is 0 Å². The topological polar surface area (TPSA) is 40.5 Å².